The van der Waals surface area contributed by atoms with E-state index in [1.807, 2.05) is 18.2 Å². The number of benzene rings is 1. The zero-order chi connectivity index (χ0) is 20.3. The van der Waals surface area contributed by atoms with Crippen molar-refractivity contribution in [2.24, 2.45) is 0 Å². The first kappa shape index (κ1) is 19.4. The van der Waals surface area contributed by atoms with Gasteiger partial charge in [-0.25, -0.2) is 23.4 Å². The van der Waals surface area contributed by atoms with Crippen LogP contribution < -0.4 is 14.5 Å². The smallest absolute Gasteiger partial charge is 0.261 e. The Hall–Kier alpha value is -2.91. The van der Waals surface area contributed by atoms with Gasteiger partial charge >= 0.3 is 0 Å². The van der Waals surface area contributed by atoms with Crippen molar-refractivity contribution in [3.05, 3.63) is 66.1 Å². The van der Waals surface area contributed by atoms with Crippen LogP contribution in [0, 0.1) is 0 Å². The molecule has 1 fully saturated rings. The first-order valence-corrected chi connectivity index (χ1v) is 10.9. The molecule has 0 bridgehead atoms. The summed E-state index contributed by atoms with van der Waals surface area (Å²) in [7, 11) is -3.72. The highest BCUT2D eigenvalue weighted by Crippen LogP contribution is 2.19. The van der Waals surface area contributed by atoms with E-state index < -0.39 is 10.0 Å². The van der Waals surface area contributed by atoms with E-state index in [1.165, 1.54) is 36.7 Å². The van der Waals surface area contributed by atoms with Gasteiger partial charge in [0.05, 0.1) is 23.0 Å². The Kier molecular flexibility index (Phi) is 5.50. The first-order chi connectivity index (χ1) is 14.0. The molecule has 150 valence electrons. The van der Waals surface area contributed by atoms with Gasteiger partial charge in [-0.05, 0) is 36.4 Å². The number of nitrogens with zero attached hydrogens (tertiary/aromatic N) is 5. The molecule has 3 heterocycles. The second kappa shape index (κ2) is 8.22. The quantitative estimate of drug-likeness (QED) is 0.665. The predicted octanol–water partition coefficient (Wildman–Crippen LogP) is 2.65. The van der Waals surface area contributed by atoms with Crippen molar-refractivity contribution in [3.63, 3.8) is 0 Å². The van der Waals surface area contributed by atoms with E-state index in [1.54, 1.807) is 6.20 Å². The Labute approximate surface area is 174 Å². The SMILES string of the molecule is O=S(=O)(Nc1cnc(N2CCN(c3ccccn3)CC2)nc1)c1ccc(Cl)cc1. The predicted molar refractivity (Wildman–Crippen MR) is 113 cm³/mol. The van der Waals surface area contributed by atoms with Crippen LogP contribution in [0.2, 0.25) is 5.02 Å². The number of halogens is 1. The lowest BCUT2D eigenvalue weighted by atomic mass is 10.3. The van der Waals surface area contributed by atoms with E-state index >= 15 is 0 Å². The molecule has 0 radical (unpaired) electrons. The fourth-order valence-corrected chi connectivity index (χ4v) is 4.20. The number of piperazine rings is 1. The number of nitrogens with one attached hydrogen (secondary N) is 1. The van der Waals surface area contributed by atoms with Crippen molar-refractivity contribution in [3.8, 4) is 0 Å². The molecule has 4 rings (SSSR count). The maximum Gasteiger partial charge on any atom is 0.261 e. The number of sulfonamides is 1. The molecule has 1 saturated heterocycles. The Bertz CT molecular complexity index is 1050. The van der Waals surface area contributed by atoms with Crippen molar-refractivity contribution >= 4 is 39.1 Å². The van der Waals surface area contributed by atoms with Crippen LogP contribution in [0.4, 0.5) is 17.5 Å². The van der Waals surface area contributed by atoms with Gasteiger partial charge in [0.25, 0.3) is 10.0 Å². The van der Waals surface area contributed by atoms with E-state index in [0.29, 0.717) is 16.7 Å². The second-order valence-corrected chi connectivity index (χ2v) is 8.61. The average molecular weight is 431 g/mol. The van der Waals surface area contributed by atoms with Crippen LogP contribution in [0.3, 0.4) is 0 Å². The molecule has 1 aromatic carbocycles. The van der Waals surface area contributed by atoms with Gasteiger partial charge in [0.15, 0.2) is 0 Å². The Morgan fingerprint density at radius 2 is 1.52 bits per heavy atom. The van der Waals surface area contributed by atoms with Crippen molar-refractivity contribution in [1.29, 1.82) is 0 Å². The van der Waals surface area contributed by atoms with Crippen LogP contribution >= 0.6 is 11.6 Å². The van der Waals surface area contributed by atoms with Crippen LogP contribution in [0.15, 0.2) is 66.0 Å². The van der Waals surface area contributed by atoms with E-state index in [9.17, 15) is 8.42 Å². The van der Waals surface area contributed by atoms with E-state index in [-0.39, 0.29) is 4.90 Å². The topological polar surface area (TPSA) is 91.3 Å². The van der Waals surface area contributed by atoms with Gasteiger partial charge in [-0.1, -0.05) is 17.7 Å². The van der Waals surface area contributed by atoms with Crippen molar-refractivity contribution in [2.75, 3.05) is 40.7 Å². The number of pyridine rings is 1. The lowest BCUT2D eigenvalue weighted by molar-refractivity contribution is 0.601. The molecule has 0 amide bonds. The van der Waals surface area contributed by atoms with Crippen LogP contribution in [-0.4, -0.2) is 49.5 Å². The highest BCUT2D eigenvalue weighted by molar-refractivity contribution is 7.92. The molecule has 0 unspecified atom stereocenters. The summed E-state index contributed by atoms with van der Waals surface area (Å²) in [5.74, 6) is 1.53. The van der Waals surface area contributed by atoms with Crippen LogP contribution in [0.1, 0.15) is 0 Å². The van der Waals surface area contributed by atoms with Gasteiger partial charge in [0.2, 0.25) is 5.95 Å². The van der Waals surface area contributed by atoms with Crippen molar-refractivity contribution in [2.45, 2.75) is 4.90 Å². The summed E-state index contributed by atoms with van der Waals surface area (Å²) in [6, 6.07) is 11.8. The molecule has 0 spiro atoms. The highest BCUT2D eigenvalue weighted by atomic mass is 35.5. The van der Waals surface area contributed by atoms with E-state index in [0.717, 1.165) is 32.0 Å². The van der Waals surface area contributed by atoms with Crippen LogP contribution in [-0.2, 0) is 10.0 Å². The number of aromatic nitrogens is 3. The summed E-state index contributed by atoms with van der Waals surface area (Å²) in [5, 5.41) is 0.472. The highest BCUT2D eigenvalue weighted by Gasteiger charge is 2.20. The lowest BCUT2D eigenvalue weighted by Gasteiger charge is -2.35. The minimum atomic E-state index is -3.72. The molecule has 1 N–H and O–H groups in total. The molecule has 0 saturated carbocycles. The fraction of sp³-hybridized carbons (Fsp3) is 0.211. The third-order valence-corrected chi connectivity index (χ3v) is 6.20. The zero-order valence-electron chi connectivity index (χ0n) is 15.4. The molecule has 10 heteroatoms. The first-order valence-electron chi connectivity index (χ1n) is 9.03. The summed E-state index contributed by atoms with van der Waals surface area (Å²) in [5.41, 5.74) is 0.302. The Balaban J connectivity index is 1.39. The van der Waals surface area contributed by atoms with Crippen LogP contribution in [0.5, 0.6) is 0 Å². The van der Waals surface area contributed by atoms with Gasteiger partial charge in [0, 0.05) is 37.4 Å². The number of rotatable bonds is 5. The third kappa shape index (κ3) is 4.57. The van der Waals surface area contributed by atoms with Gasteiger partial charge in [-0.15, -0.1) is 0 Å². The van der Waals surface area contributed by atoms with Gasteiger partial charge in [-0.3, -0.25) is 4.72 Å². The molecule has 29 heavy (non-hydrogen) atoms. The minimum Gasteiger partial charge on any atom is -0.353 e. The summed E-state index contributed by atoms with van der Waals surface area (Å²) in [4.78, 5) is 17.4. The number of anilines is 3. The zero-order valence-corrected chi connectivity index (χ0v) is 17.0. The molecule has 1 aliphatic rings. The molecule has 0 atom stereocenters. The molecule has 3 aromatic rings. The Morgan fingerprint density at radius 3 is 2.14 bits per heavy atom. The van der Waals surface area contributed by atoms with Crippen LogP contribution in [0.25, 0.3) is 0 Å². The molecule has 1 aliphatic heterocycles. The summed E-state index contributed by atoms with van der Waals surface area (Å²) in [6.07, 6.45) is 4.73. The van der Waals surface area contributed by atoms with Gasteiger partial charge < -0.3 is 9.80 Å². The monoisotopic (exact) mass is 430 g/mol. The number of hydrogen-bond donors (Lipinski definition) is 1. The minimum absolute atomic E-state index is 0.122. The lowest BCUT2D eigenvalue weighted by Crippen LogP contribution is -2.47. The molecular weight excluding hydrogens is 412 g/mol. The van der Waals surface area contributed by atoms with Gasteiger partial charge in [-0.2, -0.15) is 0 Å². The normalized spacial score (nSPS) is 14.7. The summed E-state index contributed by atoms with van der Waals surface area (Å²) in [6.45, 7) is 3.13. The van der Waals surface area contributed by atoms with Gasteiger partial charge in [0.1, 0.15) is 5.82 Å². The molecular formula is C19H19ClN6O2S. The maximum absolute atomic E-state index is 12.4. The molecule has 0 aliphatic carbocycles. The van der Waals surface area contributed by atoms with Crippen molar-refractivity contribution in [1.82, 2.24) is 15.0 Å². The number of hydrogen-bond acceptors (Lipinski definition) is 7. The standard InChI is InChI=1S/C19H19ClN6O2S/c20-15-4-6-17(7-5-15)29(27,28)24-16-13-22-19(23-14-16)26-11-9-25(10-12-26)18-3-1-2-8-21-18/h1-8,13-14,24H,9-12H2. The average Bonchev–Trinajstić information content (AvgIpc) is 2.75. The van der Waals surface area contributed by atoms with Crippen molar-refractivity contribution < 1.29 is 8.42 Å². The third-order valence-electron chi connectivity index (χ3n) is 4.55. The molecule has 2 aromatic heterocycles. The summed E-state index contributed by atoms with van der Waals surface area (Å²) < 4.78 is 27.4. The fourth-order valence-electron chi connectivity index (χ4n) is 3.04. The summed E-state index contributed by atoms with van der Waals surface area (Å²) >= 11 is 5.81. The Morgan fingerprint density at radius 1 is 0.862 bits per heavy atom. The maximum atomic E-state index is 12.4. The largest absolute Gasteiger partial charge is 0.353 e. The van der Waals surface area contributed by atoms with E-state index in [2.05, 4.69) is 29.5 Å². The second-order valence-electron chi connectivity index (χ2n) is 6.49. The van der Waals surface area contributed by atoms with E-state index in [4.69, 9.17) is 11.6 Å². The molecule has 8 nitrogen and oxygen atoms in total.